The summed E-state index contributed by atoms with van der Waals surface area (Å²) >= 11 is 0. The van der Waals surface area contributed by atoms with Crippen LogP contribution in [0.3, 0.4) is 0 Å². The Balaban J connectivity index is 3.10. The summed E-state index contributed by atoms with van der Waals surface area (Å²) < 4.78 is 24.6. The highest BCUT2D eigenvalue weighted by Gasteiger charge is 2.53. The second kappa shape index (κ2) is 7.76. The molecule has 1 aliphatic heterocycles. The smallest absolute Gasteiger partial charge is 0.339 e. The third-order valence-corrected chi connectivity index (χ3v) is 2.79. The quantitative estimate of drug-likeness (QED) is 0.397. The number of hydrogen-bond donors (Lipinski definition) is 1. The molecule has 0 aromatic carbocycles. The van der Waals surface area contributed by atoms with E-state index in [2.05, 4.69) is 11.3 Å². The largest absolute Gasteiger partial charge is 0.469 e. The fraction of sp³-hybridized carbons (Fsp3) is 0.615. The fourth-order valence-corrected chi connectivity index (χ4v) is 1.98. The first-order valence-corrected chi connectivity index (χ1v) is 6.34. The molecule has 1 saturated heterocycles. The van der Waals surface area contributed by atoms with Gasteiger partial charge in [-0.2, -0.15) is 0 Å². The second-order valence-electron chi connectivity index (χ2n) is 4.39. The van der Waals surface area contributed by atoms with Gasteiger partial charge in [-0.3, -0.25) is 9.59 Å². The van der Waals surface area contributed by atoms with Crippen LogP contribution in [0.25, 0.3) is 0 Å². The minimum absolute atomic E-state index is 0.719. The van der Waals surface area contributed by atoms with Crippen molar-refractivity contribution in [3.05, 3.63) is 12.8 Å². The van der Waals surface area contributed by atoms with Crippen molar-refractivity contribution in [3.8, 4) is 0 Å². The van der Waals surface area contributed by atoms with Crippen molar-refractivity contribution in [2.45, 2.75) is 44.6 Å². The first-order valence-electron chi connectivity index (χ1n) is 6.34. The molecule has 0 bridgehead atoms. The molecule has 5 unspecified atom stereocenters. The Labute approximate surface area is 126 Å². The van der Waals surface area contributed by atoms with Gasteiger partial charge in [0.1, 0.15) is 6.10 Å². The van der Waals surface area contributed by atoms with E-state index in [-0.39, 0.29) is 0 Å². The molecule has 9 nitrogen and oxygen atoms in total. The number of ether oxygens (including phenoxy) is 5. The molecular weight excluding hydrogens is 300 g/mol. The van der Waals surface area contributed by atoms with E-state index in [9.17, 15) is 19.5 Å². The van der Waals surface area contributed by atoms with E-state index in [0.717, 1.165) is 27.2 Å². The average Bonchev–Trinajstić information content (AvgIpc) is 2.44. The van der Waals surface area contributed by atoms with Gasteiger partial charge in [-0.15, -0.1) is 0 Å². The van der Waals surface area contributed by atoms with Crippen LogP contribution in [0.2, 0.25) is 0 Å². The van der Waals surface area contributed by atoms with E-state index in [0.29, 0.717) is 0 Å². The summed E-state index contributed by atoms with van der Waals surface area (Å²) in [5, 5.41) is 10.3. The number of rotatable bonds is 5. The molecule has 1 fully saturated rings. The third-order valence-electron chi connectivity index (χ3n) is 2.79. The lowest BCUT2D eigenvalue weighted by atomic mass is 9.98. The van der Waals surface area contributed by atoms with E-state index < -0.39 is 48.6 Å². The molecule has 1 rings (SSSR count). The van der Waals surface area contributed by atoms with Gasteiger partial charge >= 0.3 is 17.9 Å². The molecule has 0 radical (unpaired) electrons. The van der Waals surface area contributed by atoms with Crippen LogP contribution in [0.15, 0.2) is 12.8 Å². The number of aliphatic hydroxyl groups excluding tert-OH is 1. The van der Waals surface area contributed by atoms with Crippen LogP contribution in [0.5, 0.6) is 0 Å². The first-order chi connectivity index (χ1) is 10.3. The highest BCUT2D eigenvalue weighted by molar-refractivity contribution is 5.76. The Morgan fingerprint density at radius 3 is 2.14 bits per heavy atom. The summed E-state index contributed by atoms with van der Waals surface area (Å²) in [6, 6.07) is 0. The van der Waals surface area contributed by atoms with E-state index in [1.807, 2.05) is 0 Å². The number of aliphatic hydroxyl groups is 1. The van der Waals surface area contributed by atoms with Gasteiger partial charge in [0.15, 0.2) is 18.3 Å². The standard InChI is InChI=1S/C13H18O9/c1-5-19-13-10(21-7(3)15)8(16)9(20-6(2)14)11(22-13)12(17)18-4/h5,8-11,13,16H,1H2,2-4H3. The van der Waals surface area contributed by atoms with Gasteiger partial charge in [0.05, 0.1) is 13.4 Å². The molecule has 0 saturated carbocycles. The summed E-state index contributed by atoms with van der Waals surface area (Å²) in [6.45, 7) is 5.53. The zero-order valence-electron chi connectivity index (χ0n) is 12.4. The van der Waals surface area contributed by atoms with Crippen LogP contribution in [0, 0.1) is 0 Å². The van der Waals surface area contributed by atoms with Crippen LogP contribution in [0.4, 0.5) is 0 Å². The zero-order valence-corrected chi connectivity index (χ0v) is 12.4. The van der Waals surface area contributed by atoms with Gasteiger partial charge in [-0.25, -0.2) is 4.79 Å². The second-order valence-corrected chi connectivity index (χ2v) is 4.39. The number of esters is 3. The lowest BCUT2D eigenvalue weighted by Gasteiger charge is -2.41. The Kier molecular flexibility index (Phi) is 6.32. The van der Waals surface area contributed by atoms with Gasteiger partial charge < -0.3 is 28.8 Å². The molecule has 22 heavy (non-hydrogen) atoms. The number of hydrogen-bond acceptors (Lipinski definition) is 9. The molecule has 9 heteroatoms. The normalized spacial score (nSPS) is 30.8. The van der Waals surface area contributed by atoms with Crippen molar-refractivity contribution in [1.82, 2.24) is 0 Å². The molecule has 0 spiro atoms. The fourth-order valence-electron chi connectivity index (χ4n) is 1.98. The molecule has 0 amide bonds. The predicted molar refractivity (Wildman–Crippen MR) is 69.1 cm³/mol. The molecule has 1 N–H and O–H groups in total. The van der Waals surface area contributed by atoms with E-state index in [1.165, 1.54) is 0 Å². The number of carbonyl (C=O) groups is 3. The van der Waals surface area contributed by atoms with Crippen molar-refractivity contribution in [1.29, 1.82) is 0 Å². The van der Waals surface area contributed by atoms with Crippen LogP contribution in [-0.4, -0.2) is 60.8 Å². The molecule has 0 aromatic rings. The van der Waals surface area contributed by atoms with Crippen molar-refractivity contribution in [2.24, 2.45) is 0 Å². The van der Waals surface area contributed by atoms with Crippen molar-refractivity contribution in [3.63, 3.8) is 0 Å². The Morgan fingerprint density at radius 2 is 1.68 bits per heavy atom. The SMILES string of the molecule is C=COC1OC(C(=O)OC)C(OC(C)=O)C(O)C1OC(C)=O. The average molecular weight is 318 g/mol. The van der Waals surface area contributed by atoms with Gasteiger partial charge in [0.2, 0.25) is 6.29 Å². The van der Waals surface area contributed by atoms with Crippen LogP contribution < -0.4 is 0 Å². The summed E-state index contributed by atoms with van der Waals surface area (Å²) in [5.74, 6) is -2.36. The zero-order chi connectivity index (χ0) is 16.9. The summed E-state index contributed by atoms with van der Waals surface area (Å²) in [7, 11) is 1.10. The maximum atomic E-state index is 11.7. The maximum absolute atomic E-state index is 11.7. The maximum Gasteiger partial charge on any atom is 0.339 e. The molecule has 0 aromatic heterocycles. The van der Waals surface area contributed by atoms with Gasteiger partial charge in [0, 0.05) is 13.8 Å². The topological polar surface area (TPSA) is 118 Å². The Bertz CT molecular complexity index is 447. The van der Waals surface area contributed by atoms with Crippen LogP contribution in [0.1, 0.15) is 13.8 Å². The van der Waals surface area contributed by atoms with Crippen LogP contribution in [-0.2, 0) is 38.1 Å². The van der Waals surface area contributed by atoms with Gasteiger partial charge in [-0.1, -0.05) is 6.58 Å². The van der Waals surface area contributed by atoms with E-state index in [1.54, 1.807) is 0 Å². The first kappa shape index (κ1) is 17.9. The number of carbonyl (C=O) groups excluding carboxylic acids is 3. The van der Waals surface area contributed by atoms with Gasteiger partial charge in [0.25, 0.3) is 0 Å². The minimum atomic E-state index is -1.56. The number of methoxy groups -OCH3 is 1. The van der Waals surface area contributed by atoms with E-state index >= 15 is 0 Å². The monoisotopic (exact) mass is 318 g/mol. The summed E-state index contributed by atoms with van der Waals surface area (Å²) in [4.78, 5) is 34.0. The summed E-state index contributed by atoms with van der Waals surface area (Å²) in [6.07, 6.45) is -6.06. The lowest BCUT2D eigenvalue weighted by Crippen LogP contribution is -2.62. The van der Waals surface area contributed by atoms with E-state index in [4.69, 9.17) is 18.9 Å². The summed E-state index contributed by atoms with van der Waals surface area (Å²) in [5.41, 5.74) is 0. The molecular formula is C13H18O9. The van der Waals surface area contributed by atoms with Crippen molar-refractivity contribution >= 4 is 17.9 Å². The molecule has 0 aliphatic carbocycles. The Morgan fingerprint density at radius 1 is 1.14 bits per heavy atom. The minimum Gasteiger partial charge on any atom is -0.469 e. The van der Waals surface area contributed by atoms with Crippen LogP contribution >= 0.6 is 0 Å². The highest BCUT2D eigenvalue weighted by atomic mass is 16.7. The predicted octanol–water partition coefficient (Wildman–Crippen LogP) is -0.731. The Hall–Kier alpha value is -2.13. The highest BCUT2D eigenvalue weighted by Crippen LogP contribution is 2.27. The van der Waals surface area contributed by atoms with Crippen molar-refractivity contribution < 1.29 is 43.2 Å². The lowest BCUT2D eigenvalue weighted by molar-refractivity contribution is -0.287. The molecule has 124 valence electrons. The van der Waals surface area contributed by atoms with Crippen molar-refractivity contribution in [2.75, 3.05) is 7.11 Å². The molecule has 1 aliphatic rings. The molecule has 1 heterocycles. The van der Waals surface area contributed by atoms with Gasteiger partial charge in [-0.05, 0) is 0 Å². The molecule has 5 atom stereocenters. The third kappa shape index (κ3) is 4.18.